The van der Waals surface area contributed by atoms with Gasteiger partial charge in [-0.15, -0.1) is 0 Å². The molecule has 4 nitrogen and oxygen atoms in total. The molecule has 1 aromatic rings. The van der Waals surface area contributed by atoms with Crippen molar-refractivity contribution < 1.29 is 9.90 Å². The smallest absolute Gasteiger partial charge is 0.309 e. The Morgan fingerprint density at radius 3 is 2.44 bits per heavy atom. The molecule has 1 aromatic heterocycles. The van der Waals surface area contributed by atoms with Crippen LogP contribution >= 0.6 is 23.2 Å². The third-order valence-corrected chi connectivity index (χ3v) is 4.94. The average Bonchev–Trinajstić information content (AvgIpc) is 2.86. The summed E-state index contributed by atoms with van der Waals surface area (Å²) < 4.78 is 0. The lowest BCUT2D eigenvalue weighted by Gasteiger charge is -2.26. The van der Waals surface area contributed by atoms with Gasteiger partial charge in [0.15, 0.2) is 5.15 Å². The highest BCUT2D eigenvalue weighted by Crippen LogP contribution is 2.62. The summed E-state index contributed by atoms with van der Waals surface area (Å²) in [5.41, 5.74) is -0.0771. The third-order valence-electron chi connectivity index (χ3n) is 4.50. The van der Waals surface area contributed by atoms with Crippen LogP contribution in [0.5, 0.6) is 0 Å². The van der Waals surface area contributed by atoms with Crippen LogP contribution in [0.15, 0.2) is 6.20 Å². The topological polar surface area (TPSA) is 63.1 Å². The maximum absolute atomic E-state index is 11.4. The molecular formula is C12H12Cl2N2O2. The third kappa shape index (κ3) is 1.55. The van der Waals surface area contributed by atoms with Gasteiger partial charge in [0.1, 0.15) is 5.15 Å². The quantitative estimate of drug-likeness (QED) is 0.908. The number of carboxylic acid groups (broad SMARTS) is 1. The molecule has 0 amide bonds. The van der Waals surface area contributed by atoms with Gasteiger partial charge in [-0.05, 0) is 32.1 Å². The Balaban J connectivity index is 2.02. The number of carboxylic acids is 1. The fraction of sp³-hybridized carbons (Fsp3) is 0.583. The highest BCUT2D eigenvalue weighted by atomic mass is 35.5. The number of aliphatic carboxylic acids is 1. The molecule has 0 spiro atoms. The van der Waals surface area contributed by atoms with E-state index in [9.17, 15) is 9.90 Å². The van der Waals surface area contributed by atoms with E-state index >= 15 is 0 Å². The molecule has 0 atom stereocenters. The summed E-state index contributed by atoms with van der Waals surface area (Å²) in [4.78, 5) is 19.7. The van der Waals surface area contributed by atoms with Gasteiger partial charge < -0.3 is 5.11 Å². The normalized spacial score (nSPS) is 33.9. The number of halogens is 2. The summed E-state index contributed by atoms with van der Waals surface area (Å²) in [5, 5.41) is 9.95. The molecule has 2 bridgehead atoms. The second-order valence-corrected chi connectivity index (χ2v) is 6.12. The van der Waals surface area contributed by atoms with Crippen molar-refractivity contribution in [3.63, 3.8) is 0 Å². The first-order valence-electron chi connectivity index (χ1n) is 5.89. The summed E-state index contributed by atoms with van der Waals surface area (Å²) in [6.07, 6.45) is 5.12. The Morgan fingerprint density at radius 2 is 1.94 bits per heavy atom. The van der Waals surface area contributed by atoms with Gasteiger partial charge in [0.05, 0.1) is 17.3 Å². The van der Waals surface area contributed by atoms with Gasteiger partial charge in [-0.3, -0.25) is 9.78 Å². The van der Waals surface area contributed by atoms with Gasteiger partial charge in [-0.1, -0.05) is 23.2 Å². The van der Waals surface area contributed by atoms with E-state index in [1.54, 1.807) is 0 Å². The second-order valence-electron chi connectivity index (χ2n) is 5.37. The molecule has 6 heteroatoms. The minimum absolute atomic E-state index is 0.215. The first-order chi connectivity index (χ1) is 8.47. The van der Waals surface area contributed by atoms with Crippen LogP contribution in [0, 0.1) is 5.41 Å². The van der Waals surface area contributed by atoms with Gasteiger partial charge in [0.2, 0.25) is 0 Å². The van der Waals surface area contributed by atoms with Crippen molar-refractivity contribution >= 4 is 29.2 Å². The van der Waals surface area contributed by atoms with Crippen LogP contribution < -0.4 is 0 Å². The minimum Gasteiger partial charge on any atom is -0.481 e. The number of aromatic nitrogens is 2. The van der Waals surface area contributed by atoms with Gasteiger partial charge in [-0.2, -0.15) is 0 Å². The van der Waals surface area contributed by atoms with Crippen LogP contribution in [0.3, 0.4) is 0 Å². The van der Waals surface area contributed by atoms with Gasteiger partial charge in [0.25, 0.3) is 0 Å². The Labute approximate surface area is 114 Å². The molecule has 0 aromatic carbocycles. The van der Waals surface area contributed by atoms with E-state index in [4.69, 9.17) is 23.2 Å². The summed E-state index contributed by atoms with van der Waals surface area (Å²) in [7, 11) is 0. The lowest BCUT2D eigenvalue weighted by molar-refractivity contribution is -0.148. The molecule has 3 rings (SSSR count). The summed E-state index contributed by atoms with van der Waals surface area (Å²) in [6.45, 7) is 0. The van der Waals surface area contributed by atoms with Crippen molar-refractivity contribution in [3.05, 3.63) is 22.2 Å². The molecule has 1 heterocycles. The lowest BCUT2D eigenvalue weighted by Crippen LogP contribution is -2.25. The van der Waals surface area contributed by atoms with E-state index in [2.05, 4.69) is 9.97 Å². The predicted molar refractivity (Wildman–Crippen MR) is 66.9 cm³/mol. The summed E-state index contributed by atoms with van der Waals surface area (Å²) >= 11 is 11.9. The van der Waals surface area contributed by atoms with Gasteiger partial charge in [0, 0.05) is 5.41 Å². The zero-order valence-electron chi connectivity index (χ0n) is 9.62. The SMILES string of the molecule is O=C(O)C12CCC(c3ncc(Cl)nc3Cl)(CC1)C2. The average molecular weight is 287 g/mol. The Bertz CT molecular complexity index is 525. The highest BCUT2D eigenvalue weighted by Gasteiger charge is 2.60. The lowest BCUT2D eigenvalue weighted by atomic mass is 9.80. The largest absolute Gasteiger partial charge is 0.481 e. The molecule has 0 saturated heterocycles. The van der Waals surface area contributed by atoms with E-state index in [0.717, 1.165) is 12.8 Å². The summed E-state index contributed by atoms with van der Waals surface area (Å²) in [6, 6.07) is 0. The monoisotopic (exact) mass is 286 g/mol. The van der Waals surface area contributed by atoms with Crippen LogP contribution in [0.1, 0.15) is 37.8 Å². The number of hydrogen-bond donors (Lipinski definition) is 1. The van der Waals surface area contributed by atoms with Gasteiger partial charge >= 0.3 is 5.97 Å². The molecule has 2 fully saturated rings. The van der Waals surface area contributed by atoms with Crippen molar-refractivity contribution in [3.8, 4) is 0 Å². The number of rotatable bonds is 2. The molecule has 96 valence electrons. The van der Waals surface area contributed by atoms with Crippen LogP contribution in [0.25, 0.3) is 0 Å². The van der Waals surface area contributed by atoms with Crippen molar-refractivity contribution in [2.45, 2.75) is 37.5 Å². The summed E-state index contributed by atoms with van der Waals surface area (Å²) in [5.74, 6) is -0.695. The highest BCUT2D eigenvalue weighted by molar-refractivity contribution is 6.32. The first kappa shape index (κ1) is 12.2. The molecule has 18 heavy (non-hydrogen) atoms. The Morgan fingerprint density at radius 1 is 1.28 bits per heavy atom. The fourth-order valence-electron chi connectivity index (χ4n) is 3.52. The molecule has 2 aliphatic carbocycles. The van der Waals surface area contributed by atoms with E-state index in [1.165, 1.54) is 6.20 Å². The zero-order chi connectivity index (χ0) is 13.0. The number of hydrogen-bond acceptors (Lipinski definition) is 3. The van der Waals surface area contributed by atoms with Crippen molar-refractivity contribution in [1.82, 2.24) is 9.97 Å². The molecule has 2 saturated carbocycles. The van der Waals surface area contributed by atoms with Crippen molar-refractivity contribution in [2.75, 3.05) is 0 Å². The Hall–Kier alpha value is -0.870. The van der Waals surface area contributed by atoms with E-state index in [1.807, 2.05) is 0 Å². The van der Waals surface area contributed by atoms with E-state index < -0.39 is 11.4 Å². The Kier molecular flexibility index (Phi) is 2.58. The van der Waals surface area contributed by atoms with E-state index in [0.29, 0.717) is 30.1 Å². The molecular weight excluding hydrogens is 275 g/mol. The number of nitrogens with zero attached hydrogens (tertiary/aromatic N) is 2. The molecule has 0 radical (unpaired) electrons. The maximum Gasteiger partial charge on any atom is 0.309 e. The molecule has 0 aliphatic heterocycles. The van der Waals surface area contributed by atoms with Crippen molar-refractivity contribution in [1.29, 1.82) is 0 Å². The molecule has 2 aliphatic rings. The molecule has 1 N–H and O–H groups in total. The van der Waals surface area contributed by atoms with Crippen LogP contribution in [-0.4, -0.2) is 21.0 Å². The van der Waals surface area contributed by atoms with Gasteiger partial charge in [-0.25, -0.2) is 4.98 Å². The van der Waals surface area contributed by atoms with Crippen molar-refractivity contribution in [2.24, 2.45) is 5.41 Å². The fourth-order valence-corrected chi connectivity index (χ4v) is 4.04. The minimum atomic E-state index is -0.695. The standard InChI is InChI=1S/C12H12Cl2N2O2/c13-7-5-15-8(9(14)16-7)11-1-3-12(6-11,4-2-11)10(17)18/h5H,1-4,6H2,(H,17,18). The number of carbonyl (C=O) groups is 1. The predicted octanol–water partition coefficient (Wildman–Crippen LogP) is 3.07. The maximum atomic E-state index is 11.4. The zero-order valence-corrected chi connectivity index (χ0v) is 11.1. The van der Waals surface area contributed by atoms with Crippen LogP contribution in [-0.2, 0) is 10.2 Å². The first-order valence-corrected chi connectivity index (χ1v) is 6.65. The van der Waals surface area contributed by atoms with E-state index in [-0.39, 0.29) is 10.6 Å². The second kappa shape index (κ2) is 3.81. The van der Waals surface area contributed by atoms with Crippen LogP contribution in [0.4, 0.5) is 0 Å². The molecule has 0 unspecified atom stereocenters. The number of fused-ring (bicyclic) bond motifs is 2. The van der Waals surface area contributed by atoms with Crippen LogP contribution in [0.2, 0.25) is 10.3 Å².